The average Bonchev–Trinajstić information content (AvgIpc) is 2.76. The van der Waals surface area contributed by atoms with E-state index in [1.807, 2.05) is 11.8 Å². The van der Waals surface area contributed by atoms with Crippen molar-refractivity contribution in [1.29, 1.82) is 0 Å². The lowest BCUT2D eigenvalue weighted by Gasteiger charge is -2.23. The number of nitrogens with zero attached hydrogens (tertiary/aromatic N) is 2. The second-order valence-electron chi connectivity index (χ2n) is 7.80. The summed E-state index contributed by atoms with van der Waals surface area (Å²) in [5.74, 6) is -0.212. The van der Waals surface area contributed by atoms with Gasteiger partial charge in [0.25, 0.3) is 0 Å². The minimum absolute atomic E-state index is 0.212. The van der Waals surface area contributed by atoms with Crippen molar-refractivity contribution in [1.82, 2.24) is 9.88 Å². The van der Waals surface area contributed by atoms with Crippen LogP contribution in [-0.2, 0) is 12.7 Å². The zero-order valence-electron chi connectivity index (χ0n) is 18.5. The molecule has 1 N–H and O–H groups in total. The predicted octanol–water partition coefficient (Wildman–Crippen LogP) is 6.87. The van der Waals surface area contributed by atoms with Crippen molar-refractivity contribution in [3.05, 3.63) is 65.9 Å². The van der Waals surface area contributed by atoms with Gasteiger partial charge in [-0.05, 0) is 43.7 Å². The van der Waals surface area contributed by atoms with Gasteiger partial charge >= 0.3 is 12.5 Å². The van der Waals surface area contributed by atoms with Gasteiger partial charge in [0.05, 0.1) is 11.1 Å². The number of hydrogen-bond acceptors (Lipinski definition) is 4. The third-order valence-corrected chi connectivity index (χ3v) is 5.17. The zero-order chi connectivity index (χ0) is 24.8. The Bertz CT molecular complexity index is 1080. The number of nitrogens with one attached hydrogen (secondary N) is 1. The number of benzene rings is 2. The van der Waals surface area contributed by atoms with Gasteiger partial charge in [-0.15, -0.1) is 13.2 Å². The van der Waals surface area contributed by atoms with Crippen LogP contribution in [0.3, 0.4) is 0 Å². The number of pyridine rings is 1. The average molecular weight is 485 g/mol. The van der Waals surface area contributed by atoms with Crippen molar-refractivity contribution in [2.24, 2.45) is 0 Å². The third kappa shape index (κ3) is 7.24. The molecule has 184 valence electrons. The number of alkyl halides is 6. The number of aromatic nitrogens is 1. The first-order chi connectivity index (χ1) is 16.1. The SMILES string of the molecule is CCCN(CCCNc1ccnc2cc(C(F)(F)F)ccc12)Cc1ccccc1OC(F)(F)F. The van der Waals surface area contributed by atoms with Crippen molar-refractivity contribution in [2.45, 2.75) is 38.8 Å². The fraction of sp³-hybridized carbons (Fsp3) is 0.375. The molecule has 1 aromatic heterocycles. The Labute approximate surface area is 193 Å². The molecule has 0 aliphatic rings. The minimum atomic E-state index is -4.76. The highest BCUT2D eigenvalue weighted by molar-refractivity contribution is 5.91. The van der Waals surface area contributed by atoms with Crippen LogP contribution in [0.2, 0.25) is 0 Å². The number of anilines is 1. The van der Waals surface area contributed by atoms with Crippen molar-refractivity contribution in [3.63, 3.8) is 0 Å². The van der Waals surface area contributed by atoms with Crippen LogP contribution >= 0.6 is 0 Å². The Hall–Kier alpha value is -3.01. The molecule has 0 bridgehead atoms. The summed E-state index contributed by atoms with van der Waals surface area (Å²) in [5, 5.41) is 3.81. The van der Waals surface area contributed by atoms with Crippen LogP contribution in [0.4, 0.5) is 32.0 Å². The van der Waals surface area contributed by atoms with E-state index in [1.165, 1.54) is 24.4 Å². The van der Waals surface area contributed by atoms with E-state index in [-0.39, 0.29) is 11.3 Å². The Morgan fingerprint density at radius 2 is 1.74 bits per heavy atom. The molecule has 0 saturated carbocycles. The van der Waals surface area contributed by atoms with E-state index < -0.39 is 18.1 Å². The molecule has 0 saturated heterocycles. The van der Waals surface area contributed by atoms with Crippen LogP contribution in [0, 0.1) is 0 Å². The van der Waals surface area contributed by atoms with Gasteiger partial charge < -0.3 is 10.1 Å². The highest BCUT2D eigenvalue weighted by Gasteiger charge is 2.32. The van der Waals surface area contributed by atoms with Gasteiger partial charge in [0.15, 0.2) is 0 Å². The molecule has 0 radical (unpaired) electrons. The van der Waals surface area contributed by atoms with E-state index in [4.69, 9.17) is 0 Å². The molecule has 0 atom stereocenters. The molecular formula is C24H25F6N3O. The Morgan fingerprint density at radius 3 is 2.44 bits per heavy atom. The molecule has 0 aliphatic heterocycles. The van der Waals surface area contributed by atoms with Gasteiger partial charge in [-0.1, -0.05) is 31.2 Å². The first kappa shape index (κ1) is 25.6. The summed E-state index contributed by atoms with van der Waals surface area (Å²) in [4.78, 5) is 6.08. The van der Waals surface area contributed by atoms with Crippen LogP contribution in [0.1, 0.15) is 30.9 Å². The second kappa shape index (κ2) is 10.9. The van der Waals surface area contributed by atoms with Crippen molar-refractivity contribution >= 4 is 16.6 Å². The lowest BCUT2D eigenvalue weighted by molar-refractivity contribution is -0.275. The molecule has 0 amide bonds. The molecule has 34 heavy (non-hydrogen) atoms. The van der Waals surface area contributed by atoms with Crippen molar-refractivity contribution in [3.8, 4) is 5.75 Å². The summed E-state index contributed by atoms with van der Waals surface area (Å²) < 4.78 is 81.1. The molecule has 0 aliphatic carbocycles. The van der Waals surface area contributed by atoms with Crippen LogP contribution in [-0.4, -0.2) is 35.9 Å². The highest BCUT2D eigenvalue weighted by Crippen LogP contribution is 2.32. The van der Waals surface area contributed by atoms with Gasteiger partial charge in [0.1, 0.15) is 5.75 Å². The van der Waals surface area contributed by atoms with Crippen LogP contribution in [0.5, 0.6) is 5.75 Å². The van der Waals surface area contributed by atoms with Gasteiger partial charge in [0.2, 0.25) is 0 Å². The second-order valence-corrected chi connectivity index (χ2v) is 7.80. The van der Waals surface area contributed by atoms with Crippen LogP contribution in [0.25, 0.3) is 10.9 Å². The van der Waals surface area contributed by atoms with E-state index in [2.05, 4.69) is 15.0 Å². The molecule has 10 heteroatoms. The molecule has 3 rings (SSSR count). The predicted molar refractivity (Wildman–Crippen MR) is 119 cm³/mol. The summed E-state index contributed by atoms with van der Waals surface area (Å²) in [6.45, 7) is 4.13. The third-order valence-electron chi connectivity index (χ3n) is 5.17. The smallest absolute Gasteiger partial charge is 0.405 e. The van der Waals surface area contributed by atoms with E-state index in [9.17, 15) is 26.3 Å². The molecular weight excluding hydrogens is 460 g/mol. The Morgan fingerprint density at radius 1 is 0.971 bits per heavy atom. The number of hydrogen-bond donors (Lipinski definition) is 1. The molecule has 1 heterocycles. The maximum Gasteiger partial charge on any atom is 0.573 e. The summed E-state index contributed by atoms with van der Waals surface area (Å²) in [7, 11) is 0. The van der Waals surface area contributed by atoms with Gasteiger partial charge in [-0.2, -0.15) is 13.2 Å². The van der Waals surface area contributed by atoms with E-state index in [0.717, 1.165) is 18.6 Å². The quantitative estimate of drug-likeness (QED) is 0.251. The Kier molecular flexibility index (Phi) is 8.24. The number of rotatable bonds is 10. The van der Waals surface area contributed by atoms with Gasteiger partial charge in [-0.3, -0.25) is 9.88 Å². The lowest BCUT2D eigenvalue weighted by Crippen LogP contribution is -2.27. The minimum Gasteiger partial charge on any atom is -0.405 e. The molecule has 0 unspecified atom stereocenters. The monoisotopic (exact) mass is 485 g/mol. The number of halogens is 6. The summed E-state index contributed by atoms with van der Waals surface area (Å²) in [6.07, 6.45) is -6.25. The fourth-order valence-electron chi connectivity index (χ4n) is 3.69. The van der Waals surface area contributed by atoms with Crippen molar-refractivity contribution in [2.75, 3.05) is 25.0 Å². The molecule has 4 nitrogen and oxygen atoms in total. The first-order valence-electron chi connectivity index (χ1n) is 10.8. The highest BCUT2D eigenvalue weighted by atomic mass is 19.4. The number of fused-ring (bicyclic) bond motifs is 1. The standard InChI is InChI=1S/C24H25F6N3O/c1-2-13-33(16-17-6-3-4-7-22(17)34-24(28,29)30)14-5-11-31-20-10-12-32-21-15-18(23(25,26)27)8-9-19(20)21/h3-4,6-10,12,15H,2,5,11,13-14,16H2,1H3,(H,31,32). The zero-order valence-corrected chi connectivity index (χ0v) is 18.5. The van der Waals surface area contributed by atoms with E-state index in [0.29, 0.717) is 49.2 Å². The normalized spacial score (nSPS) is 12.4. The number of para-hydroxylation sites is 1. The van der Waals surface area contributed by atoms with E-state index >= 15 is 0 Å². The molecule has 2 aromatic carbocycles. The largest absolute Gasteiger partial charge is 0.573 e. The van der Waals surface area contributed by atoms with Crippen LogP contribution in [0.15, 0.2) is 54.7 Å². The maximum absolute atomic E-state index is 13.0. The van der Waals surface area contributed by atoms with Crippen molar-refractivity contribution < 1.29 is 31.1 Å². The molecule has 0 spiro atoms. The summed E-state index contributed by atoms with van der Waals surface area (Å²) in [5.41, 5.74) is 0.606. The topological polar surface area (TPSA) is 37.4 Å². The molecule has 3 aromatic rings. The Balaban J connectivity index is 1.61. The summed E-state index contributed by atoms with van der Waals surface area (Å²) >= 11 is 0. The first-order valence-corrected chi connectivity index (χ1v) is 10.8. The summed E-state index contributed by atoms with van der Waals surface area (Å²) in [6, 6.07) is 11.2. The van der Waals surface area contributed by atoms with Crippen LogP contribution < -0.4 is 10.1 Å². The molecule has 0 fully saturated rings. The van der Waals surface area contributed by atoms with Gasteiger partial charge in [0, 0.05) is 42.5 Å². The number of ether oxygens (including phenoxy) is 1. The lowest BCUT2D eigenvalue weighted by atomic mass is 10.1. The van der Waals surface area contributed by atoms with E-state index in [1.54, 1.807) is 18.2 Å². The van der Waals surface area contributed by atoms with Gasteiger partial charge in [-0.25, -0.2) is 0 Å². The maximum atomic E-state index is 13.0. The fourth-order valence-corrected chi connectivity index (χ4v) is 3.69.